The highest BCUT2D eigenvalue weighted by Gasteiger charge is 2.26. The molecule has 1 heterocycles. The van der Waals surface area contributed by atoms with Gasteiger partial charge in [-0.3, -0.25) is 4.90 Å². The molecular formula is C30H61NO2. The Balaban J connectivity index is 2.07. The molecule has 0 aromatic carbocycles. The Morgan fingerprint density at radius 1 is 0.545 bits per heavy atom. The van der Waals surface area contributed by atoms with Crippen molar-refractivity contribution in [2.75, 3.05) is 26.2 Å². The molecule has 1 rings (SSSR count). The monoisotopic (exact) mass is 467 g/mol. The summed E-state index contributed by atoms with van der Waals surface area (Å²) in [5.74, 6) is 0. The number of aliphatic hydroxyl groups is 1. The first-order valence-electron chi connectivity index (χ1n) is 15.3. The largest absolute Gasteiger partial charge is 0.395 e. The number of β-amino-alcohol motifs (C(OH)–C–C–N with tert-alkyl or cyclic N) is 1. The van der Waals surface area contributed by atoms with E-state index in [0.29, 0.717) is 12.2 Å². The van der Waals surface area contributed by atoms with Gasteiger partial charge in [0, 0.05) is 19.6 Å². The molecule has 0 bridgehead atoms. The standard InChI is InChI=1S/C30H61NO2/c1-3-5-7-9-11-13-15-17-19-21-23-29-27-31(25-26-32)28-30(33-29)24-22-20-18-16-14-12-10-8-6-4-2/h29-30,32H,3-28H2,1-2H3. The van der Waals surface area contributed by atoms with E-state index < -0.39 is 0 Å². The van der Waals surface area contributed by atoms with E-state index in [-0.39, 0.29) is 6.61 Å². The molecule has 1 N–H and O–H groups in total. The summed E-state index contributed by atoms with van der Waals surface area (Å²) < 4.78 is 6.50. The maximum absolute atomic E-state index is 9.44. The van der Waals surface area contributed by atoms with Crippen molar-refractivity contribution in [1.29, 1.82) is 0 Å². The van der Waals surface area contributed by atoms with E-state index in [1.165, 1.54) is 141 Å². The van der Waals surface area contributed by atoms with Gasteiger partial charge in [0.2, 0.25) is 0 Å². The third kappa shape index (κ3) is 18.8. The van der Waals surface area contributed by atoms with Gasteiger partial charge in [0.15, 0.2) is 0 Å². The minimum Gasteiger partial charge on any atom is -0.395 e. The maximum Gasteiger partial charge on any atom is 0.0706 e. The molecule has 0 radical (unpaired) electrons. The number of morpholine rings is 1. The molecule has 2 atom stereocenters. The van der Waals surface area contributed by atoms with Crippen LogP contribution in [0.4, 0.5) is 0 Å². The van der Waals surface area contributed by atoms with Gasteiger partial charge in [-0.2, -0.15) is 0 Å². The van der Waals surface area contributed by atoms with Crippen molar-refractivity contribution in [1.82, 2.24) is 4.90 Å². The lowest BCUT2D eigenvalue weighted by atomic mass is 10.0. The van der Waals surface area contributed by atoms with Crippen molar-refractivity contribution in [3.05, 3.63) is 0 Å². The van der Waals surface area contributed by atoms with Gasteiger partial charge in [0.05, 0.1) is 18.8 Å². The van der Waals surface area contributed by atoms with E-state index in [1.54, 1.807) is 0 Å². The van der Waals surface area contributed by atoms with E-state index in [0.717, 1.165) is 19.6 Å². The average molecular weight is 468 g/mol. The molecule has 33 heavy (non-hydrogen) atoms. The lowest BCUT2D eigenvalue weighted by Gasteiger charge is -2.38. The molecule has 0 aliphatic carbocycles. The fourth-order valence-corrected chi connectivity index (χ4v) is 5.37. The van der Waals surface area contributed by atoms with Crippen molar-refractivity contribution in [2.45, 2.75) is 167 Å². The lowest BCUT2D eigenvalue weighted by Crippen LogP contribution is -2.48. The van der Waals surface area contributed by atoms with Gasteiger partial charge in [0.25, 0.3) is 0 Å². The normalized spacial score (nSPS) is 19.4. The van der Waals surface area contributed by atoms with Crippen molar-refractivity contribution < 1.29 is 9.84 Å². The van der Waals surface area contributed by atoms with Gasteiger partial charge in [0.1, 0.15) is 0 Å². The second-order valence-electron chi connectivity index (χ2n) is 10.8. The van der Waals surface area contributed by atoms with Crippen LogP contribution in [-0.4, -0.2) is 48.5 Å². The fourth-order valence-electron chi connectivity index (χ4n) is 5.37. The van der Waals surface area contributed by atoms with Crippen LogP contribution in [0.1, 0.15) is 155 Å². The van der Waals surface area contributed by atoms with Gasteiger partial charge < -0.3 is 9.84 Å². The molecule has 0 saturated carbocycles. The predicted octanol–water partition coefficient (Wildman–Crippen LogP) is 8.67. The van der Waals surface area contributed by atoms with Gasteiger partial charge >= 0.3 is 0 Å². The topological polar surface area (TPSA) is 32.7 Å². The SMILES string of the molecule is CCCCCCCCCCCCC1CN(CCO)CC(CCCCCCCCCCCC)O1. The van der Waals surface area contributed by atoms with Crippen molar-refractivity contribution in [3.63, 3.8) is 0 Å². The summed E-state index contributed by atoms with van der Waals surface area (Å²) in [6.07, 6.45) is 31.1. The first kappa shape index (κ1) is 30.9. The molecule has 1 fully saturated rings. The summed E-state index contributed by atoms with van der Waals surface area (Å²) in [6, 6.07) is 0. The number of ether oxygens (including phenoxy) is 1. The smallest absolute Gasteiger partial charge is 0.0706 e. The highest BCUT2D eigenvalue weighted by molar-refractivity contribution is 4.78. The second kappa shape index (κ2) is 23.6. The number of hydrogen-bond acceptors (Lipinski definition) is 3. The summed E-state index contributed by atoms with van der Waals surface area (Å²) >= 11 is 0. The van der Waals surface area contributed by atoms with Crippen LogP contribution in [0.5, 0.6) is 0 Å². The highest BCUT2D eigenvalue weighted by Crippen LogP contribution is 2.21. The zero-order valence-corrected chi connectivity index (χ0v) is 22.8. The average Bonchev–Trinajstić information content (AvgIpc) is 2.81. The minimum atomic E-state index is 0.274. The molecule has 1 saturated heterocycles. The molecule has 3 nitrogen and oxygen atoms in total. The van der Waals surface area contributed by atoms with Crippen LogP contribution in [0.25, 0.3) is 0 Å². The number of unbranched alkanes of at least 4 members (excludes halogenated alkanes) is 18. The van der Waals surface area contributed by atoms with Crippen LogP contribution in [0.2, 0.25) is 0 Å². The van der Waals surface area contributed by atoms with Crippen molar-refractivity contribution >= 4 is 0 Å². The van der Waals surface area contributed by atoms with Gasteiger partial charge in [-0.1, -0.05) is 142 Å². The number of nitrogens with zero attached hydrogens (tertiary/aromatic N) is 1. The Hall–Kier alpha value is -0.120. The van der Waals surface area contributed by atoms with Crippen LogP contribution < -0.4 is 0 Å². The molecule has 198 valence electrons. The van der Waals surface area contributed by atoms with Crippen molar-refractivity contribution in [3.8, 4) is 0 Å². The Morgan fingerprint density at radius 3 is 1.21 bits per heavy atom. The summed E-state index contributed by atoms with van der Waals surface area (Å²) in [5.41, 5.74) is 0. The molecule has 0 aromatic heterocycles. The van der Waals surface area contributed by atoms with Gasteiger partial charge in [-0.05, 0) is 12.8 Å². The molecule has 0 amide bonds. The number of rotatable bonds is 24. The summed E-state index contributed by atoms with van der Waals surface area (Å²) in [6.45, 7) is 7.71. The summed E-state index contributed by atoms with van der Waals surface area (Å²) in [4.78, 5) is 2.45. The molecular weight excluding hydrogens is 406 g/mol. The first-order chi connectivity index (χ1) is 16.3. The Bertz CT molecular complexity index is 357. The predicted molar refractivity (Wildman–Crippen MR) is 145 cm³/mol. The third-order valence-electron chi connectivity index (χ3n) is 7.48. The zero-order valence-electron chi connectivity index (χ0n) is 22.8. The van der Waals surface area contributed by atoms with E-state index in [4.69, 9.17) is 4.74 Å². The number of aliphatic hydroxyl groups excluding tert-OH is 1. The molecule has 0 spiro atoms. The molecule has 1 aliphatic rings. The van der Waals surface area contributed by atoms with Crippen molar-refractivity contribution in [2.24, 2.45) is 0 Å². The lowest BCUT2D eigenvalue weighted by molar-refractivity contribution is -0.0940. The van der Waals surface area contributed by atoms with Crippen LogP contribution in [0, 0.1) is 0 Å². The third-order valence-corrected chi connectivity index (χ3v) is 7.48. The Labute approximate surface area is 208 Å². The maximum atomic E-state index is 9.44. The fraction of sp³-hybridized carbons (Fsp3) is 1.00. The van der Waals surface area contributed by atoms with E-state index in [2.05, 4.69) is 18.7 Å². The first-order valence-corrected chi connectivity index (χ1v) is 15.3. The van der Waals surface area contributed by atoms with E-state index >= 15 is 0 Å². The zero-order chi connectivity index (χ0) is 23.8. The van der Waals surface area contributed by atoms with Gasteiger partial charge in [-0.15, -0.1) is 0 Å². The molecule has 1 aliphatic heterocycles. The Kier molecular flexibility index (Phi) is 22.1. The van der Waals surface area contributed by atoms with Crippen LogP contribution in [0.3, 0.4) is 0 Å². The molecule has 2 unspecified atom stereocenters. The highest BCUT2D eigenvalue weighted by atomic mass is 16.5. The van der Waals surface area contributed by atoms with Crippen LogP contribution in [-0.2, 0) is 4.74 Å². The summed E-state index contributed by atoms with van der Waals surface area (Å²) in [5, 5.41) is 9.44. The van der Waals surface area contributed by atoms with E-state index in [9.17, 15) is 5.11 Å². The van der Waals surface area contributed by atoms with Crippen LogP contribution in [0.15, 0.2) is 0 Å². The quantitative estimate of drug-likeness (QED) is 0.144. The number of hydrogen-bond donors (Lipinski definition) is 1. The molecule has 0 aromatic rings. The second-order valence-corrected chi connectivity index (χ2v) is 10.8. The van der Waals surface area contributed by atoms with Crippen LogP contribution >= 0.6 is 0 Å². The summed E-state index contributed by atoms with van der Waals surface area (Å²) in [7, 11) is 0. The Morgan fingerprint density at radius 2 is 0.879 bits per heavy atom. The van der Waals surface area contributed by atoms with E-state index in [1.807, 2.05) is 0 Å². The minimum absolute atomic E-state index is 0.274. The molecule has 3 heteroatoms. The van der Waals surface area contributed by atoms with Gasteiger partial charge in [-0.25, -0.2) is 0 Å².